The van der Waals surface area contributed by atoms with Gasteiger partial charge in [-0.2, -0.15) is 4.72 Å². The van der Waals surface area contributed by atoms with Crippen LogP contribution in [0.1, 0.15) is 24.0 Å². The Morgan fingerprint density at radius 2 is 1.86 bits per heavy atom. The number of fused-ring (bicyclic) bond motifs is 1. The molecule has 0 unspecified atom stereocenters. The molecule has 0 radical (unpaired) electrons. The third kappa shape index (κ3) is 4.10. The normalized spacial score (nSPS) is 15.5. The SMILES string of the molecule is Cc1ccc(S(=O)(=O)N[C@@H](Cc2c[nH]c3ccccc23)C(=O)NC2CC2)cc1. The van der Waals surface area contributed by atoms with Gasteiger partial charge in [0.15, 0.2) is 0 Å². The summed E-state index contributed by atoms with van der Waals surface area (Å²) in [7, 11) is -3.81. The summed E-state index contributed by atoms with van der Waals surface area (Å²) in [5.41, 5.74) is 2.83. The standard InChI is InChI=1S/C21H23N3O3S/c1-14-6-10-17(11-7-14)28(26,27)24-20(21(25)23-16-8-9-16)12-15-13-22-19-5-3-2-4-18(15)19/h2-7,10-11,13,16,20,22,24H,8-9,12H2,1H3,(H,23,25)/t20-/m0/s1. The molecule has 0 aliphatic heterocycles. The quantitative estimate of drug-likeness (QED) is 0.572. The summed E-state index contributed by atoms with van der Waals surface area (Å²) in [6, 6.07) is 13.6. The Kier molecular flexibility index (Phi) is 4.95. The molecule has 0 bridgehead atoms. The van der Waals surface area contributed by atoms with Crippen LogP contribution < -0.4 is 10.0 Å². The van der Waals surface area contributed by atoms with Gasteiger partial charge in [-0.05, 0) is 49.9 Å². The lowest BCUT2D eigenvalue weighted by Crippen LogP contribution is -2.48. The maximum atomic E-state index is 12.9. The minimum Gasteiger partial charge on any atom is -0.361 e. The molecular formula is C21H23N3O3S. The number of aromatic amines is 1. The number of amides is 1. The molecule has 1 atom stereocenters. The van der Waals surface area contributed by atoms with Crippen molar-refractivity contribution in [1.29, 1.82) is 0 Å². The number of hydrogen-bond acceptors (Lipinski definition) is 3. The number of carbonyl (C=O) groups is 1. The summed E-state index contributed by atoms with van der Waals surface area (Å²) in [5.74, 6) is -0.288. The molecule has 6 nitrogen and oxygen atoms in total. The van der Waals surface area contributed by atoms with Crippen LogP contribution in [0.25, 0.3) is 10.9 Å². The number of hydrogen-bond donors (Lipinski definition) is 3. The molecule has 1 amide bonds. The topological polar surface area (TPSA) is 91.1 Å². The van der Waals surface area contributed by atoms with Gasteiger partial charge in [-0.3, -0.25) is 4.79 Å². The Hall–Kier alpha value is -2.64. The van der Waals surface area contributed by atoms with E-state index in [2.05, 4.69) is 15.0 Å². The van der Waals surface area contributed by atoms with Crippen LogP contribution >= 0.6 is 0 Å². The van der Waals surface area contributed by atoms with Gasteiger partial charge in [0.2, 0.25) is 15.9 Å². The second-order valence-electron chi connectivity index (χ2n) is 7.33. The summed E-state index contributed by atoms with van der Waals surface area (Å²) >= 11 is 0. The van der Waals surface area contributed by atoms with Crippen LogP contribution in [0.5, 0.6) is 0 Å². The number of nitrogens with one attached hydrogen (secondary N) is 3. The fraction of sp³-hybridized carbons (Fsp3) is 0.286. The van der Waals surface area contributed by atoms with E-state index in [-0.39, 0.29) is 23.3 Å². The van der Waals surface area contributed by atoms with E-state index in [0.29, 0.717) is 0 Å². The van der Waals surface area contributed by atoms with Gasteiger partial charge < -0.3 is 10.3 Å². The first-order valence-corrected chi connectivity index (χ1v) is 10.8. The molecule has 1 saturated carbocycles. The van der Waals surface area contributed by atoms with Crippen molar-refractivity contribution in [3.8, 4) is 0 Å². The van der Waals surface area contributed by atoms with Crippen molar-refractivity contribution in [2.24, 2.45) is 0 Å². The van der Waals surface area contributed by atoms with Gasteiger partial charge >= 0.3 is 0 Å². The number of aromatic nitrogens is 1. The fourth-order valence-corrected chi connectivity index (χ4v) is 4.41. The molecule has 1 fully saturated rings. The van der Waals surface area contributed by atoms with Gasteiger partial charge in [0.05, 0.1) is 4.90 Å². The van der Waals surface area contributed by atoms with E-state index in [1.807, 2.05) is 37.4 Å². The molecule has 1 heterocycles. The van der Waals surface area contributed by atoms with Crippen molar-refractivity contribution in [2.45, 2.75) is 43.2 Å². The number of benzene rings is 2. The lowest BCUT2D eigenvalue weighted by atomic mass is 10.1. The van der Waals surface area contributed by atoms with Crippen molar-refractivity contribution in [1.82, 2.24) is 15.0 Å². The van der Waals surface area contributed by atoms with E-state index in [1.54, 1.807) is 24.3 Å². The molecular weight excluding hydrogens is 374 g/mol. The van der Waals surface area contributed by atoms with Crippen LogP contribution in [0.4, 0.5) is 0 Å². The highest BCUT2D eigenvalue weighted by Crippen LogP contribution is 2.22. The van der Waals surface area contributed by atoms with Crippen LogP contribution in [-0.4, -0.2) is 31.4 Å². The van der Waals surface area contributed by atoms with Crippen LogP contribution in [0, 0.1) is 6.92 Å². The van der Waals surface area contributed by atoms with E-state index >= 15 is 0 Å². The molecule has 2 aromatic carbocycles. The highest BCUT2D eigenvalue weighted by atomic mass is 32.2. The summed E-state index contributed by atoms with van der Waals surface area (Å²) < 4.78 is 28.3. The Bertz CT molecular complexity index is 1100. The first-order valence-electron chi connectivity index (χ1n) is 9.37. The van der Waals surface area contributed by atoms with Crippen LogP contribution in [0.2, 0.25) is 0 Å². The predicted octanol–water partition coefficient (Wildman–Crippen LogP) is 2.64. The molecule has 1 aliphatic rings. The monoisotopic (exact) mass is 397 g/mol. The second-order valence-corrected chi connectivity index (χ2v) is 9.05. The van der Waals surface area contributed by atoms with Gasteiger partial charge in [0, 0.05) is 23.1 Å². The molecule has 7 heteroatoms. The molecule has 28 heavy (non-hydrogen) atoms. The summed E-state index contributed by atoms with van der Waals surface area (Å²) in [6.45, 7) is 1.90. The van der Waals surface area contributed by atoms with E-state index in [4.69, 9.17) is 0 Å². The third-order valence-electron chi connectivity index (χ3n) is 4.97. The number of carbonyl (C=O) groups excluding carboxylic acids is 1. The highest BCUT2D eigenvalue weighted by Gasteiger charge is 2.31. The van der Waals surface area contributed by atoms with E-state index < -0.39 is 16.1 Å². The van der Waals surface area contributed by atoms with E-state index in [9.17, 15) is 13.2 Å². The molecule has 4 rings (SSSR count). The fourth-order valence-electron chi connectivity index (χ4n) is 3.21. The minimum absolute atomic E-state index is 0.154. The van der Waals surface area contributed by atoms with Crippen molar-refractivity contribution in [3.05, 3.63) is 65.9 Å². The molecule has 1 aliphatic carbocycles. The highest BCUT2D eigenvalue weighted by molar-refractivity contribution is 7.89. The van der Waals surface area contributed by atoms with Crippen LogP contribution in [-0.2, 0) is 21.2 Å². The van der Waals surface area contributed by atoms with Crippen molar-refractivity contribution >= 4 is 26.8 Å². The number of H-pyrrole nitrogens is 1. The maximum absolute atomic E-state index is 12.9. The number of rotatable bonds is 7. The third-order valence-corrected chi connectivity index (χ3v) is 6.46. The minimum atomic E-state index is -3.81. The lowest BCUT2D eigenvalue weighted by molar-refractivity contribution is -0.122. The van der Waals surface area contributed by atoms with Crippen LogP contribution in [0.3, 0.4) is 0 Å². The van der Waals surface area contributed by atoms with E-state index in [0.717, 1.165) is 34.9 Å². The Morgan fingerprint density at radius 1 is 1.14 bits per heavy atom. The zero-order valence-electron chi connectivity index (χ0n) is 15.6. The number of sulfonamides is 1. The van der Waals surface area contributed by atoms with E-state index in [1.165, 1.54) is 0 Å². The molecule has 0 spiro atoms. The Balaban J connectivity index is 1.61. The van der Waals surface area contributed by atoms with Gasteiger partial charge in [0.25, 0.3) is 0 Å². The van der Waals surface area contributed by atoms with Gasteiger partial charge in [0.1, 0.15) is 6.04 Å². The zero-order chi connectivity index (χ0) is 19.7. The van der Waals surface area contributed by atoms with Crippen LogP contribution in [0.15, 0.2) is 59.6 Å². The van der Waals surface area contributed by atoms with Gasteiger partial charge in [-0.1, -0.05) is 35.9 Å². The molecule has 1 aromatic heterocycles. The average molecular weight is 398 g/mol. The largest absolute Gasteiger partial charge is 0.361 e. The average Bonchev–Trinajstić information content (AvgIpc) is 3.40. The van der Waals surface area contributed by atoms with Crippen molar-refractivity contribution in [3.63, 3.8) is 0 Å². The molecule has 0 saturated heterocycles. The first kappa shape index (κ1) is 18.7. The van der Waals surface area contributed by atoms with Gasteiger partial charge in [-0.15, -0.1) is 0 Å². The predicted molar refractivity (Wildman–Crippen MR) is 108 cm³/mol. The molecule has 3 aromatic rings. The second kappa shape index (κ2) is 7.41. The summed E-state index contributed by atoms with van der Waals surface area (Å²) in [5, 5.41) is 3.91. The zero-order valence-corrected chi connectivity index (χ0v) is 16.4. The van der Waals surface area contributed by atoms with Crippen molar-refractivity contribution < 1.29 is 13.2 Å². The van der Waals surface area contributed by atoms with Gasteiger partial charge in [-0.25, -0.2) is 8.42 Å². The maximum Gasteiger partial charge on any atom is 0.241 e. The summed E-state index contributed by atoms with van der Waals surface area (Å²) in [4.78, 5) is 16.1. The number of para-hydroxylation sites is 1. The number of aryl methyl sites for hydroxylation is 1. The van der Waals surface area contributed by atoms with Crippen molar-refractivity contribution in [2.75, 3.05) is 0 Å². The first-order chi connectivity index (χ1) is 13.4. The smallest absolute Gasteiger partial charge is 0.241 e. The summed E-state index contributed by atoms with van der Waals surface area (Å²) in [6.07, 6.45) is 3.99. The molecule has 146 valence electrons. The molecule has 3 N–H and O–H groups in total. The Labute approximate surface area is 164 Å². The lowest BCUT2D eigenvalue weighted by Gasteiger charge is -2.18. The Morgan fingerprint density at radius 3 is 2.57 bits per heavy atom.